The number of rotatable bonds is 6. The number of nitrogens with one attached hydrogen (secondary N) is 1. The Labute approximate surface area is 121 Å². The van der Waals surface area contributed by atoms with Gasteiger partial charge in [0, 0.05) is 20.1 Å². The number of carbonyl (C=O) groups excluding carboxylic acids is 1. The lowest BCUT2D eigenvalue weighted by Crippen LogP contribution is -2.47. The van der Waals surface area contributed by atoms with Crippen LogP contribution in [-0.2, 0) is 4.79 Å². The predicted octanol–water partition coefficient (Wildman–Crippen LogP) is 2.71. The van der Waals surface area contributed by atoms with Gasteiger partial charge in [-0.1, -0.05) is 33.1 Å². The molecule has 0 aromatic heterocycles. The number of carboxylic acids is 1. The van der Waals surface area contributed by atoms with Crippen LogP contribution in [0.1, 0.15) is 52.4 Å². The fourth-order valence-corrected chi connectivity index (χ4v) is 2.63. The smallest absolute Gasteiger partial charge is 0.317 e. The minimum atomic E-state index is -0.776. The monoisotopic (exact) mass is 284 g/mol. The highest BCUT2D eigenvalue weighted by Crippen LogP contribution is 2.36. The van der Waals surface area contributed by atoms with E-state index in [1.807, 2.05) is 0 Å². The van der Waals surface area contributed by atoms with Gasteiger partial charge in [0.2, 0.25) is 0 Å². The van der Waals surface area contributed by atoms with Gasteiger partial charge in [-0.25, -0.2) is 4.79 Å². The van der Waals surface area contributed by atoms with Crippen LogP contribution in [0.5, 0.6) is 0 Å². The van der Waals surface area contributed by atoms with Crippen molar-refractivity contribution in [3.05, 3.63) is 0 Å². The minimum absolute atomic E-state index is 0.170. The molecule has 20 heavy (non-hydrogen) atoms. The molecule has 1 rings (SSSR count). The highest BCUT2D eigenvalue weighted by atomic mass is 16.4. The molecule has 0 aromatic rings. The molecule has 2 N–H and O–H groups in total. The summed E-state index contributed by atoms with van der Waals surface area (Å²) in [5, 5.41) is 12.3. The second-order valence-corrected chi connectivity index (χ2v) is 6.41. The summed E-state index contributed by atoms with van der Waals surface area (Å²) in [4.78, 5) is 25.1. The third-order valence-corrected chi connectivity index (χ3v) is 4.23. The first-order valence-corrected chi connectivity index (χ1v) is 7.60. The van der Waals surface area contributed by atoms with Crippen molar-refractivity contribution in [1.82, 2.24) is 10.2 Å². The van der Waals surface area contributed by atoms with Gasteiger partial charge in [-0.05, 0) is 25.2 Å². The molecule has 1 aliphatic rings. The van der Waals surface area contributed by atoms with Crippen LogP contribution in [0.4, 0.5) is 4.79 Å². The molecule has 0 atom stereocenters. The topological polar surface area (TPSA) is 69.6 Å². The Morgan fingerprint density at radius 1 is 1.25 bits per heavy atom. The fourth-order valence-electron chi connectivity index (χ4n) is 2.63. The summed E-state index contributed by atoms with van der Waals surface area (Å²) < 4.78 is 0. The third kappa shape index (κ3) is 4.69. The maximum Gasteiger partial charge on any atom is 0.317 e. The Bertz CT molecular complexity index is 336. The van der Waals surface area contributed by atoms with E-state index in [4.69, 9.17) is 0 Å². The zero-order valence-electron chi connectivity index (χ0n) is 12.9. The Hall–Kier alpha value is -1.26. The molecule has 116 valence electrons. The molecule has 1 aliphatic carbocycles. The van der Waals surface area contributed by atoms with Crippen LogP contribution in [0.25, 0.3) is 0 Å². The molecule has 2 amide bonds. The van der Waals surface area contributed by atoms with Gasteiger partial charge in [-0.3, -0.25) is 4.79 Å². The summed E-state index contributed by atoms with van der Waals surface area (Å²) >= 11 is 0. The van der Waals surface area contributed by atoms with Crippen LogP contribution in [0.3, 0.4) is 0 Å². The van der Waals surface area contributed by atoms with E-state index in [1.54, 1.807) is 11.9 Å². The van der Waals surface area contributed by atoms with Crippen LogP contribution in [-0.4, -0.2) is 42.1 Å². The lowest BCUT2D eigenvalue weighted by molar-refractivity contribution is -0.150. The number of aliphatic carboxylic acids is 1. The van der Waals surface area contributed by atoms with Crippen molar-refractivity contribution in [3.63, 3.8) is 0 Å². The Morgan fingerprint density at radius 2 is 1.85 bits per heavy atom. The molecule has 5 nitrogen and oxygen atoms in total. The van der Waals surface area contributed by atoms with E-state index >= 15 is 0 Å². The van der Waals surface area contributed by atoms with Gasteiger partial charge in [-0.15, -0.1) is 0 Å². The summed E-state index contributed by atoms with van der Waals surface area (Å²) in [6.07, 6.45) is 5.25. The zero-order chi connectivity index (χ0) is 15.2. The number of hydrogen-bond acceptors (Lipinski definition) is 2. The normalized spacial score (nSPS) is 17.8. The summed E-state index contributed by atoms with van der Waals surface area (Å²) in [6.45, 7) is 5.18. The molecule has 0 aliphatic heterocycles. The molecule has 1 saturated carbocycles. The van der Waals surface area contributed by atoms with E-state index in [2.05, 4.69) is 19.2 Å². The molecule has 0 bridgehead atoms. The van der Waals surface area contributed by atoms with Crippen LogP contribution >= 0.6 is 0 Å². The fraction of sp³-hybridized carbons (Fsp3) is 0.867. The highest BCUT2D eigenvalue weighted by molar-refractivity contribution is 5.78. The molecule has 1 fully saturated rings. The van der Waals surface area contributed by atoms with Crippen LogP contribution in [0.15, 0.2) is 0 Å². The van der Waals surface area contributed by atoms with Gasteiger partial charge in [0.15, 0.2) is 0 Å². The Kier molecular flexibility index (Phi) is 6.30. The molecule has 0 saturated heterocycles. The number of hydrogen-bond donors (Lipinski definition) is 2. The van der Waals surface area contributed by atoms with E-state index in [9.17, 15) is 14.7 Å². The van der Waals surface area contributed by atoms with Gasteiger partial charge in [0.1, 0.15) is 0 Å². The average Bonchev–Trinajstić information content (AvgIpc) is 2.42. The first-order chi connectivity index (χ1) is 9.37. The number of carbonyl (C=O) groups is 2. The summed E-state index contributed by atoms with van der Waals surface area (Å²) in [6, 6.07) is -0.170. The van der Waals surface area contributed by atoms with Gasteiger partial charge in [-0.2, -0.15) is 0 Å². The Balaban J connectivity index is 2.46. The summed E-state index contributed by atoms with van der Waals surface area (Å²) in [7, 11) is 1.76. The zero-order valence-corrected chi connectivity index (χ0v) is 12.9. The van der Waals surface area contributed by atoms with E-state index < -0.39 is 11.4 Å². The van der Waals surface area contributed by atoms with Crippen molar-refractivity contribution in [2.75, 3.05) is 20.1 Å². The molecule has 0 unspecified atom stereocenters. The number of nitrogens with zero attached hydrogens (tertiary/aromatic N) is 1. The first kappa shape index (κ1) is 16.8. The molecule has 0 radical (unpaired) electrons. The molecule has 5 heteroatoms. The van der Waals surface area contributed by atoms with Crippen molar-refractivity contribution < 1.29 is 14.7 Å². The van der Waals surface area contributed by atoms with Crippen molar-refractivity contribution in [3.8, 4) is 0 Å². The highest BCUT2D eigenvalue weighted by Gasteiger charge is 2.39. The van der Waals surface area contributed by atoms with Crippen LogP contribution in [0, 0.1) is 11.3 Å². The molecule has 0 spiro atoms. The van der Waals surface area contributed by atoms with Crippen molar-refractivity contribution in [1.29, 1.82) is 0 Å². The second kappa shape index (κ2) is 7.50. The molecular weight excluding hydrogens is 256 g/mol. The molecular formula is C15H28N2O3. The summed E-state index contributed by atoms with van der Waals surface area (Å²) in [5.74, 6) is -0.226. The third-order valence-electron chi connectivity index (χ3n) is 4.23. The largest absolute Gasteiger partial charge is 0.481 e. The van der Waals surface area contributed by atoms with Crippen molar-refractivity contribution >= 4 is 12.0 Å². The lowest BCUT2D eigenvalue weighted by Gasteiger charge is -2.33. The second-order valence-electron chi connectivity index (χ2n) is 6.41. The SMILES string of the molecule is CC(C)CCN(C)C(=O)NCC1(C(=O)O)CCCCC1. The predicted molar refractivity (Wildman–Crippen MR) is 78.6 cm³/mol. The van der Waals surface area contributed by atoms with Gasteiger partial charge in [0.05, 0.1) is 5.41 Å². The average molecular weight is 284 g/mol. The minimum Gasteiger partial charge on any atom is -0.481 e. The number of carboxylic acid groups (broad SMARTS) is 1. The van der Waals surface area contributed by atoms with Crippen LogP contribution in [0.2, 0.25) is 0 Å². The van der Waals surface area contributed by atoms with Gasteiger partial charge < -0.3 is 15.3 Å². The molecule has 0 aromatic carbocycles. The summed E-state index contributed by atoms with van der Waals surface area (Å²) in [5.41, 5.74) is -0.757. The van der Waals surface area contributed by atoms with E-state index in [0.717, 1.165) is 25.7 Å². The molecule has 0 heterocycles. The first-order valence-electron chi connectivity index (χ1n) is 7.60. The standard InChI is InChI=1S/C15H28N2O3/c1-12(2)7-10-17(3)14(20)16-11-15(13(18)19)8-5-4-6-9-15/h12H,4-11H2,1-3H3,(H,16,20)(H,18,19). The van der Waals surface area contributed by atoms with Gasteiger partial charge in [0.25, 0.3) is 0 Å². The van der Waals surface area contributed by atoms with Gasteiger partial charge >= 0.3 is 12.0 Å². The quantitative estimate of drug-likeness (QED) is 0.788. The lowest BCUT2D eigenvalue weighted by atomic mass is 9.74. The van der Waals surface area contributed by atoms with Crippen molar-refractivity contribution in [2.45, 2.75) is 52.4 Å². The van der Waals surface area contributed by atoms with E-state index in [-0.39, 0.29) is 12.6 Å². The van der Waals surface area contributed by atoms with E-state index in [1.165, 1.54) is 0 Å². The maximum atomic E-state index is 12.0. The van der Waals surface area contributed by atoms with E-state index in [0.29, 0.717) is 25.3 Å². The number of amides is 2. The Morgan fingerprint density at radius 3 is 2.35 bits per heavy atom. The maximum absolute atomic E-state index is 12.0. The number of urea groups is 1. The van der Waals surface area contributed by atoms with Crippen LogP contribution < -0.4 is 5.32 Å². The van der Waals surface area contributed by atoms with Crippen molar-refractivity contribution in [2.24, 2.45) is 11.3 Å².